The van der Waals surface area contributed by atoms with E-state index in [1.165, 1.54) is 12.1 Å². The van der Waals surface area contributed by atoms with Crippen LogP contribution in [0.2, 0.25) is 0 Å². The Morgan fingerprint density at radius 2 is 1.78 bits per heavy atom. The van der Waals surface area contributed by atoms with Crippen molar-refractivity contribution >= 4 is 44.0 Å². The number of hydrogen-bond donors (Lipinski definition) is 3. The third kappa shape index (κ3) is 6.98. The van der Waals surface area contributed by atoms with Gasteiger partial charge in [-0.15, -0.1) is 0 Å². The molecule has 3 heterocycles. The SMILES string of the molecule is COCC(C(=O)Nc1cccc2c(-c3nc(Nc4cccc(S(C)(=O)=O)c4F)ncc3F)c[nH]c12)N1CCN(C(C)(C)C)CC1. The van der Waals surface area contributed by atoms with Crippen LogP contribution in [0.3, 0.4) is 0 Å². The largest absolute Gasteiger partial charge is 0.383 e. The first-order valence-corrected chi connectivity index (χ1v) is 16.3. The number of benzene rings is 2. The molecule has 2 aromatic carbocycles. The summed E-state index contributed by atoms with van der Waals surface area (Å²) >= 11 is 0. The highest BCUT2D eigenvalue weighted by molar-refractivity contribution is 7.90. The van der Waals surface area contributed by atoms with Crippen molar-refractivity contribution in [3.63, 3.8) is 0 Å². The fourth-order valence-electron chi connectivity index (χ4n) is 5.51. The number of halogens is 2. The molecule has 1 saturated heterocycles. The van der Waals surface area contributed by atoms with Crippen molar-refractivity contribution in [2.45, 2.75) is 37.2 Å². The Kier molecular flexibility index (Phi) is 9.21. The summed E-state index contributed by atoms with van der Waals surface area (Å²) in [7, 11) is -2.25. The summed E-state index contributed by atoms with van der Waals surface area (Å²) in [6.45, 7) is 9.88. The van der Waals surface area contributed by atoms with E-state index >= 15 is 4.39 Å². The number of ether oxygens (including phenoxy) is 1. The van der Waals surface area contributed by atoms with Gasteiger partial charge < -0.3 is 20.4 Å². The molecule has 0 spiro atoms. The summed E-state index contributed by atoms with van der Waals surface area (Å²) in [4.78, 5) is 28.9. The van der Waals surface area contributed by atoms with Crippen molar-refractivity contribution in [1.29, 1.82) is 0 Å². The fraction of sp³-hybridized carbons (Fsp3) is 0.387. The number of nitrogens with one attached hydrogen (secondary N) is 3. The Morgan fingerprint density at radius 3 is 2.44 bits per heavy atom. The molecule has 1 atom stereocenters. The van der Waals surface area contributed by atoms with Crippen LogP contribution in [0.15, 0.2) is 53.7 Å². The first-order chi connectivity index (χ1) is 21.3. The molecular weight excluding hydrogens is 604 g/mol. The number of H-pyrrole nitrogens is 1. The van der Waals surface area contributed by atoms with Crippen molar-refractivity contribution in [3.05, 3.63) is 60.4 Å². The average molecular weight is 642 g/mol. The van der Waals surface area contributed by atoms with Crippen LogP contribution in [0.4, 0.5) is 26.1 Å². The zero-order valence-corrected chi connectivity index (χ0v) is 26.6. The average Bonchev–Trinajstić information content (AvgIpc) is 3.42. The molecule has 45 heavy (non-hydrogen) atoms. The molecule has 2 aromatic heterocycles. The smallest absolute Gasteiger partial charge is 0.244 e. The quantitative estimate of drug-likeness (QED) is 0.243. The van der Waals surface area contributed by atoms with Crippen LogP contribution in [-0.2, 0) is 19.4 Å². The maximum Gasteiger partial charge on any atom is 0.244 e. The lowest BCUT2D eigenvalue weighted by Crippen LogP contribution is -2.58. The number of aromatic nitrogens is 3. The molecule has 0 saturated carbocycles. The number of fused-ring (bicyclic) bond motifs is 1. The number of rotatable bonds is 9. The lowest BCUT2D eigenvalue weighted by Gasteiger charge is -2.44. The number of hydrogen-bond acceptors (Lipinski definition) is 9. The van der Waals surface area contributed by atoms with Gasteiger partial charge in [0.15, 0.2) is 21.5 Å². The van der Waals surface area contributed by atoms with Gasteiger partial charge in [-0.1, -0.05) is 18.2 Å². The van der Waals surface area contributed by atoms with Crippen LogP contribution in [0.5, 0.6) is 0 Å². The van der Waals surface area contributed by atoms with Gasteiger partial charge in [0.05, 0.1) is 29.7 Å². The molecule has 11 nitrogen and oxygen atoms in total. The molecule has 1 unspecified atom stereocenters. The van der Waals surface area contributed by atoms with Gasteiger partial charge in [0.1, 0.15) is 16.6 Å². The number of anilines is 3. The van der Waals surface area contributed by atoms with Crippen molar-refractivity contribution in [2.24, 2.45) is 0 Å². The molecule has 0 bridgehead atoms. The second-order valence-corrected chi connectivity index (χ2v) is 14.0. The lowest BCUT2D eigenvalue weighted by atomic mass is 10.0. The monoisotopic (exact) mass is 641 g/mol. The van der Waals surface area contributed by atoms with Gasteiger partial charge in [-0.05, 0) is 39.0 Å². The van der Waals surface area contributed by atoms with E-state index in [-0.39, 0.29) is 35.4 Å². The fourth-order valence-corrected chi connectivity index (χ4v) is 6.27. The van der Waals surface area contributed by atoms with E-state index in [0.29, 0.717) is 22.2 Å². The summed E-state index contributed by atoms with van der Waals surface area (Å²) in [5.41, 5.74) is 1.26. The first kappa shape index (κ1) is 32.4. The van der Waals surface area contributed by atoms with Gasteiger partial charge >= 0.3 is 0 Å². The number of aromatic amines is 1. The molecule has 14 heteroatoms. The number of carbonyl (C=O) groups excluding carboxylic acids is 1. The molecule has 0 aliphatic carbocycles. The predicted molar refractivity (Wildman–Crippen MR) is 169 cm³/mol. The van der Waals surface area contributed by atoms with Crippen molar-refractivity contribution in [1.82, 2.24) is 24.8 Å². The number of methoxy groups -OCH3 is 1. The van der Waals surface area contributed by atoms with Crippen LogP contribution in [0.1, 0.15) is 20.8 Å². The molecule has 240 valence electrons. The van der Waals surface area contributed by atoms with E-state index in [4.69, 9.17) is 4.74 Å². The van der Waals surface area contributed by atoms with Crippen molar-refractivity contribution < 1.29 is 26.7 Å². The van der Waals surface area contributed by atoms with E-state index in [2.05, 4.69) is 56.2 Å². The zero-order chi connectivity index (χ0) is 32.5. The van der Waals surface area contributed by atoms with E-state index in [1.807, 2.05) is 0 Å². The van der Waals surface area contributed by atoms with Gasteiger partial charge in [0, 0.05) is 62.2 Å². The Morgan fingerprint density at radius 1 is 1.09 bits per heavy atom. The molecule has 1 fully saturated rings. The molecule has 1 aliphatic rings. The van der Waals surface area contributed by atoms with Crippen LogP contribution in [-0.4, -0.2) is 96.8 Å². The maximum atomic E-state index is 15.1. The van der Waals surface area contributed by atoms with Gasteiger partial charge in [-0.25, -0.2) is 27.2 Å². The normalized spacial score (nSPS) is 15.7. The molecule has 5 rings (SSSR count). The summed E-state index contributed by atoms with van der Waals surface area (Å²) in [6, 6.07) is 8.62. The van der Waals surface area contributed by atoms with Gasteiger partial charge in [0.2, 0.25) is 11.9 Å². The molecule has 0 radical (unpaired) electrons. The predicted octanol–water partition coefficient (Wildman–Crippen LogP) is 4.42. The minimum absolute atomic E-state index is 0.0472. The number of sulfone groups is 1. The topological polar surface area (TPSA) is 133 Å². The van der Waals surface area contributed by atoms with Crippen molar-refractivity contribution in [3.8, 4) is 11.3 Å². The zero-order valence-electron chi connectivity index (χ0n) is 25.8. The molecule has 1 aliphatic heterocycles. The van der Waals surface area contributed by atoms with Crippen LogP contribution in [0.25, 0.3) is 22.2 Å². The third-order valence-corrected chi connectivity index (χ3v) is 9.03. The summed E-state index contributed by atoms with van der Waals surface area (Å²) in [5, 5.41) is 6.26. The second-order valence-electron chi connectivity index (χ2n) is 12.0. The first-order valence-electron chi connectivity index (χ1n) is 14.5. The highest BCUT2D eigenvalue weighted by Crippen LogP contribution is 2.34. The molecule has 3 N–H and O–H groups in total. The van der Waals surface area contributed by atoms with Crippen molar-refractivity contribution in [2.75, 3.05) is 56.8 Å². The number of amides is 1. The van der Waals surface area contributed by atoms with Crippen LogP contribution < -0.4 is 10.6 Å². The lowest BCUT2D eigenvalue weighted by molar-refractivity contribution is -0.124. The number of para-hydroxylation sites is 1. The molecular formula is C31H37F2N7O4S. The standard InChI is InChI=1S/C31H37F2N7O4S/c1-31(2,3)40-14-12-39(13-15-40)24(18-44-4)29(41)36-23-10-6-8-19-20(16-34-28(19)23)27-21(32)17-35-30(38-27)37-22-9-7-11-25(26(22)33)45(5,42)43/h6-11,16-17,24,34H,12-15,18H2,1-5H3,(H,36,41)(H,35,37,38). The van der Waals surface area contributed by atoms with Gasteiger partial charge in [-0.2, -0.15) is 0 Å². The van der Waals surface area contributed by atoms with Gasteiger partial charge in [0.25, 0.3) is 0 Å². The number of nitrogens with zero attached hydrogens (tertiary/aromatic N) is 4. The molecule has 1 amide bonds. The van der Waals surface area contributed by atoms with Crippen LogP contribution >= 0.6 is 0 Å². The van der Waals surface area contributed by atoms with Crippen LogP contribution in [0, 0.1) is 11.6 Å². The van der Waals surface area contributed by atoms with E-state index in [0.717, 1.165) is 44.7 Å². The highest BCUT2D eigenvalue weighted by atomic mass is 32.2. The summed E-state index contributed by atoms with van der Waals surface area (Å²) < 4.78 is 59.3. The van der Waals surface area contributed by atoms with E-state index in [1.54, 1.807) is 31.5 Å². The van der Waals surface area contributed by atoms with E-state index < -0.39 is 32.4 Å². The highest BCUT2D eigenvalue weighted by Gasteiger charge is 2.32. The Bertz CT molecular complexity index is 1820. The number of carbonyl (C=O) groups is 1. The second kappa shape index (κ2) is 12.8. The minimum Gasteiger partial charge on any atom is -0.383 e. The Labute approximate surface area is 260 Å². The van der Waals surface area contributed by atoms with E-state index in [9.17, 15) is 17.6 Å². The summed E-state index contributed by atoms with van der Waals surface area (Å²) in [6.07, 6.45) is 3.42. The minimum atomic E-state index is -3.82. The Balaban J connectivity index is 1.39. The van der Waals surface area contributed by atoms with Gasteiger partial charge in [-0.3, -0.25) is 14.6 Å². The number of piperazine rings is 1. The third-order valence-electron chi connectivity index (χ3n) is 7.91. The summed E-state index contributed by atoms with van der Waals surface area (Å²) in [5.74, 6) is -2.08. The molecule has 4 aromatic rings. The Hall–Kier alpha value is -3.98. The maximum absolute atomic E-state index is 15.1.